The van der Waals surface area contributed by atoms with Gasteiger partial charge in [0.15, 0.2) is 5.11 Å². The maximum Gasteiger partial charge on any atom is 0.174 e. The van der Waals surface area contributed by atoms with Crippen LogP contribution >= 0.6 is 23.8 Å². The number of benzene rings is 1. The van der Waals surface area contributed by atoms with E-state index in [2.05, 4.69) is 44.2 Å². The number of ether oxygens (including phenoxy) is 2. The lowest BCUT2D eigenvalue weighted by Crippen LogP contribution is -2.31. The summed E-state index contributed by atoms with van der Waals surface area (Å²) in [6, 6.07) is 16.6. The first kappa shape index (κ1) is 24.1. The van der Waals surface area contributed by atoms with E-state index in [1.807, 2.05) is 36.5 Å². The van der Waals surface area contributed by atoms with Gasteiger partial charge in [-0.15, -0.1) is 0 Å². The van der Waals surface area contributed by atoms with Crippen molar-refractivity contribution in [2.75, 3.05) is 25.2 Å². The maximum absolute atomic E-state index is 6.64. The predicted octanol–water partition coefficient (Wildman–Crippen LogP) is 6.24. The van der Waals surface area contributed by atoms with Crippen LogP contribution in [0.3, 0.4) is 0 Å². The van der Waals surface area contributed by atoms with Crippen molar-refractivity contribution in [3.8, 4) is 5.75 Å². The zero-order valence-electron chi connectivity index (χ0n) is 19.9. The Morgan fingerprint density at radius 1 is 1.09 bits per heavy atom. The number of anilines is 1. The molecule has 5 rings (SSSR count). The third-order valence-corrected chi connectivity index (χ3v) is 7.53. The Labute approximate surface area is 217 Å². The molecular weight excluding hydrogens is 480 g/mol. The van der Waals surface area contributed by atoms with Crippen molar-refractivity contribution in [3.63, 3.8) is 0 Å². The number of nitrogens with zero attached hydrogens (tertiary/aromatic N) is 3. The lowest BCUT2D eigenvalue weighted by atomic mass is 9.94. The average Bonchev–Trinajstić information content (AvgIpc) is 3.50. The predicted molar refractivity (Wildman–Crippen MR) is 143 cm³/mol. The van der Waals surface area contributed by atoms with Crippen molar-refractivity contribution in [1.82, 2.24) is 14.9 Å². The highest BCUT2D eigenvalue weighted by atomic mass is 35.5. The number of pyridine rings is 1. The largest absolute Gasteiger partial charge is 0.490 e. The van der Waals surface area contributed by atoms with Gasteiger partial charge in [0.2, 0.25) is 0 Å². The molecule has 6 nitrogen and oxygen atoms in total. The molecular formula is C27H31ClN4O2S. The molecule has 0 bridgehead atoms. The highest BCUT2D eigenvalue weighted by Gasteiger charge is 2.42. The molecule has 3 aromatic rings. The van der Waals surface area contributed by atoms with Gasteiger partial charge < -0.3 is 24.3 Å². The van der Waals surface area contributed by atoms with Crippen molar-refractivity contribution >= 4 is 34.6 Å². The van der Waals surface area contributed by atoms with E-state index in [4.69, 9.17) is 33.3 Å². The van der Waals surface area contributed by atoms with Gasteiger partial charge in [0.05, 0.1) is 23.4 Å². The molecule has 1 aromatic carbocycles. The zero-order chi connectivity index (χ0) is 24.2. The minimum absolute atomic E-state index is 0.0642. The van der Waals surface area contributed by atoms with E-state index in [0.29, 0.717) is 35.1 Å². The first-order valence-electron chi connectivity index (χ1n) is 12.3. The lowest BCUT2D eigenvalue weighted by Gasteiger charge is -2.32. The van der Waals surface area contributed by atoms with Crippen molar-refractivity contribution in [2.24, 2.45) is 0 Å². The van der Waals surface area contributed by atoms with Crippen molar-refractivity contribution in [1.29, 1.82) is 0 Å². The molecule has 2 aliphatic rings. The van der Waals surface area contributed by atoms with Gasteiger partial charge in [-0.2, -0.15) is 0 Å². The zero-order valence-corrected chi connectivity index (χ0v) is 21.5. The minimum Gasteiger partial charge on any atom is -0.490 e. The summed E-state index contributed by atoms with van der Waals surface area (Å²) in [4.78, 5) is 6.86. The van der Waals surface area contributed by atoms with E-state index < -0.39 is 0 Å². The van der Waals surface area contributed by atoms with Gasteiger partial charge in [0.25, 0.3) is 0 Å². The Bertz CT molecular complexity index is 1150. The van der Waals surface area contributed by atoms with Crippen LogP contribution < -0.4 is 15.0 Å². The third kappa shape index (κ3) is 5.03. The van der Waals surface area contributed by atoms with E-state index in [0.717, 1.165) is 11.4 Å². The first-order chi connectivity index (χ1) is 17.2. The van der Waals surface area contributed by atoms with Crippen molar-refractivity contribution < 1.29 is 9.47 Å². The summed E-state index contributed by atoms with van der Waals surface area (Å²) in [7, 11) is 1.65. The van der Waals surface area contributed by atoms with Gasteiger partial charge in [-0.3, -0.25) is 4.98 Å². The van der Waals surface area contributed by atoms with E-state index >= 15 is 0 Å². The molecule has 1 aliphatic heterocycles. The van der Waals surface area contributed by atoms with Crippen LogP contribution in [0.25, 0.3) is 0 Å². The number of methoxy groups -OCH3 is 1. The monoisotopic (exact) mass is 510 g/mol. The summed E-state index contributed by atoms with van der Waals surface area (Å²) >= 11 is 12.5. The third-order valence-electron chi connectivity index (χ3n) is 6.92. The molecule has 2 fully saturated rings. The van der Waals surface area contributed by atoms with Crippen LogP contribution in [0.2, 0.25) is 5.02 Å². The number of aromatic nitrogens is 2. The summed E-state index contributed by atoms with van der Waals surface area (Å²) in [6.07, 6.45) is 10.3. The van der Waals surface area contributed by atoms with E-state index in [1.165, 1.54) is 37.8 Å². The van der Waals surface area contributed by atoms with Crippen LogP contribution in [0.4, 0.5) is 5.69 Å². The van der Waals surface area contributed by atoms with Crippen LogP contribution in [0.1, 0.15) is 61.6 Å². The Hall–Kier alpha value is -2.61. The second-order valence-corrected chi connectivity index (χ2v) is 9.88. The van der Waals surface area contributed by atoms with Gasteiger partial charge in [-0.25, -0.2) is 0 Å². The Balaban J connectivity index is 1.53. The Morgan fingerprint density at radius 3 is 2.69 bits per heavy atom. The number of rotatable bonds is 8. The molecule has 1 aliphatic carbocycles. The maximum atomic E-state index is 6.64. The smallest absolute Gasteiger partial charge is 0.174 e. The molecule has 3 heterocycles. The summed E-state index contributed by atoms with van der Waals surface area (Å²) in [5.41, 5.74) is 3.12. The van der Waals surface area contributed by atoms with E-state index in [9.17, 15) is 0 Å². The number of hydrogen-bond acceptors (Lipinski definition) is 4. The fourth-order valence-electron chi connectivity index (χ4n) is 5.27. The van der Waals surface area contributed by atoms with Crippen LogP contribution in [0.15, 0.2) is 60.9 Å². The molecule has 35 heavy (non-hydrogen) atoms. The van der Waals surface area contributed by atoms with Crippen LogP contribution in [-0.2, 0) is 4.74 Å². The number of nitrogens with one attached hydrogen (secondary N) is 1. The van der Waals surface area contributed by atoms with Gasteiger partial charge in [-0.05, 0) is 67.5 Å². The second kappa shape index (κ2) is 11.0. The topological polar surface area (TPSA) is 51.6 Å². The highest BCUT2D eigenvalue weighted by molar-refractivity contribution is 7.80. The Morgan fingerprint density at radius 2 is 1.94 bits per heavy atom. The Kier molecular flexibility index (Phi) is 7.56. The first-order valence-corrected chi connectivity index (χ1v) is 13.0. The average molecular weight is 511 g/mol. The fourth-order valence-corrected chi connectivity index (χ4v) is 5.85. The number of hydrogen-bond donors (Lipinski definition) is 1. The summed E-state index contributed by atoms with van der Waals surface area (Å²) < 4.78 is 13.3. The molecule has 184 valence electrons. The standard InChI is InChI=1S/C27H31ClN4O2S/c1-33-16-17-34-24-13-12-20(18-21(24)28)32-26(25(30-27(32)35)22-10-5-6-14-29-22)23-11-7-15-31(23)19-8-3-2-4-9-19/h5-7,10-15,18-19,25-26H,2-4,8-9,16-17H2,1H3,(H,30,35). The molecule has 2 unspecified atom stereocenters. The van der Waals surface area contributed by atoms with Gasteiger partial charge >= 0.3 is 0 Å². The molecule has 0 radical (unpaired) electrons. The quantitative estimate of drug-likeness (QED) is 0.286. The van der Waals surface area contributed by atoms with Gasteiger partial charge in [0, 0.05) is 36.9 Å². The van der Waals surface area contributed by atoms with Gasteiger partial charge in [0.1, 0.15) is 18.4 Å². The lowest BCUT2D eigenvalue weighted by molar-refractivity contribution is 0.146. The normalized spacial score (nSPS) is 20.7. The van der Waals surface area contributed by atoms with Gasteiger partial charge in [-0.1, -0.05) is 36.9 Å². The summed E-state index contributed by atoms with van der Waals surface area (Å²) in [5.74, 6) is 0.633. The summed E-state index contributed by atoms with van der Waals surface area (Å²) in [6.45, 7) is 0.947. The SMILES string of the molecule is COCCOc1ccc(N2C(=S)NC(c3ccccn3)C2c2cccn2C2CCCCC2)cc1Cl. The van der Waals surface area contributed by atoms with Crippen molar-refractivity contribution in [3.05, 3.63) is 77.3 Å². The van der Waals surface area contributed by atoms with E-state index in [1.54, 1.807) is 7.11 Å². The molecule has 2 aromatic heterocycles. The van der Waals surface area contributed by atoms with Crippen molar-refractivity contribution in [2.45, 2.75) is 50.2 Å². The second-order valence-electron chi connectivity index (χ2n) is 9.08. The summed E-state index contributed by atoms with van der Waals surface area (Å²) in [5, 5.41) is 4.76. The van der Waals surface area contributed by atoms with Crippen LogP contribution in [0, 0.1) is 0 Å². The number of halogens is 1. The molecule has 1 N–H and O–H groups in total. The molecule has 8 heteroatoms. The number of thiocarbonyl (C=S) groups is 1. The fraction of sp³-hybridized carbons (Fsp3) is 0.407. The molecule has 1 saturated carbocycles. The van der Waals surface area contributed by atoms with Crippen LogP contribution in [0.5, 0.6) is 5.75 Å². The minimum atomic E-state index is -0.0858. The molecule has 2 atom stereocenters. The van der Waals surface area contributed by atoms with E-state index in [-0.39, 0.29) is 12.1 Å². The molecule has 0 amide bonds. The molecule has 1 saturated heterocycles. The highest BCUT2D eigenvalue weighted by Crippen LogP contribution is 2.44. The molecule has 0 spiro atoms. The van der Waals surface area contributed by atoms with Crippen LogP contribution in [-0.4, -0.2) is 35.0 Å².